The molecule has 2 rings (SSSR count). The maximum absolute atomic E-state index is 5.53. The summed E-state index contributed by atoms with van der Waals surface area (Å²) in [6, 6.07) is 6.12. The minimum absolute atomic E-state index is 0.404. The van der Waals surface area contributed by atoms with Gasteiger partial charge in [-0.15, -0.1) is 0 Å². The molecule has 0 spiro atoms. The Kier molecular flexibility index (Phi) is 2.89. The van der Waals surface area contributed by atoms with E-state index in [4.69, 9.17) is 25.2 Å². The first-order chi connectivity index (χ1) is 7.50. The van der Waals surface area contributed by atoms with Crippen LogP contribution in [0, 0.1) is 0 Å². The Bertz CT molecular complexity index is 396. The van der Waals surface area contributed by atoms with Gasteiger partial charge in [0, 0.05) is 6.04 Å². The average Bonchev–Trinajstić information content (AvgIpc) is 2.51. The fourth-order valence-electron chi connectivity index (χ4n) is 1.66. The van der Waals surface area contributed by atoms with Crippen LogP contribution >= 0.6 is 0 Å². The largest absolute Gasteiger partial charge is 0.468 e. The SMILES string of the molecule is [B]C1([B])Oc2ccc(CC(C)NC)cc2O1. The van der Waals surface area contributed by atoms with Crippen molar-refractivity contribution in [1.82, 2.24) is 5.32 Å². The Morgan fingerprint density at radius 2 is 2.00 bits per heavy atom. The first-order valence-corrected chi connectivity index (χ1v) is 5.26. The number of rotatable bonds is 3. The van der Waals surface area contributed by atoms with Crippen LogP contribution in [0.3, 0.4) is 0 Å². The van der Waals surface area contributed by atoms with E-state index in [1.54, 1.807) is 0 Å². The molecular formula is C11H13B2NO2. The first-order valence-electron chi connectivity index (χ1n) is 5.26. The molecule has 0 fully saturated rings. The highest BCUT2D eigenvalue weighted by molar-refractivity contribution is 6.38. The molecule has 4 radical (unpaired) electrons. The normalized spacial score (nSPS) is 18.4. The lowest BCUT2D eigenvalue weighted by Crippen LogP contribution is -2.39. The molecule has 1 atom stereocenters. The number of hydrogen-bond donors (Lipinski definition) is 1. The minimum Gasteiger partial charge on any atom is -0.468 e. The van der Waals surface area contributed by atoms with Gasteiger partial charge in [0.25, 0.3) is 0 Å². The third-order valence-corrected chi connectivity index (χ3v) is 2.58. The average molecular weight is 213 g/mol. The molecule has 3 nitrogen and oxygen atoms in total. The van der Waals surface area contributed by atoms with Gasteiger partial charge in [0.05, 0.1) is 0 Å². The van der Waals surface area contributed by atoms with Crippen LogP contribution in [0.4, 0.5) is 0 Å². The molecule has 1 N–H and O–H groups in total. The summed E-state index contributed by atoms with van der Waals surface area (Å²) in [6.45, 7) is 2.11. The molecule has 0 saturated heterocycles. The summed E-state index contributed by atoms with van der Waals surface area (Å²) < 4.78 is 10.5. The fraction of sp³-hybridized carbons (Fsp3) is 0.455. The summed E-state index contributed by atoms with van der Waals surface area (Å²) in [5.74, 6) is 1.19. The van der Waals surface area contributed by atoms with Gasteiger partial charge in [0.1, 0.15) is 0 Å². The Balaban J connectivity index is 2.16. The van der Waals surface area contributed by atoms with Crippen molar-refractivity contribution in [1.29, 1.82) is 0 Å². The summed E-state index contributed by atoms with van der Waals surface area (Å²) in [4.78, 5) is 0. The summed E-state index contributed by atoms with van der Waals surface area (Å²) in [6.07, 6.45) is 0.912. The van der Waals surface area contributed by atoms with Gasteiger partial charge in [0.15, 0.2) is 32.8 Å². The van der Waals surface area contributed by atoms with E-state index >= 15 is 0 Å². The smallest absolute Gasteiger partial charge is 0.175 e. The Morgan fingerprint density at radius 3 is 2.69 bits per heavy atom. The van der Waals surface area contributed by atoms with Crippen LogP contribution in [0.1, 0.15) is 12.5 Å². The van der Waals surface area contributed by atoms with Crippen LogP contribution in [0.2, 0.25) is 0 Å². The fourth-order valence-corrected chi connectivity index (χ4v) is 1.66. The summed E-state index contributed by atoms with van der Waals surface area (Å²) in [5.41, 5.74) is -0.378. The van der Waals surface area contributed by atoms with Crippen molar-refractivity contribution in [2.24, 2.45) is 0 Å². The Labute approximate surface area is 98.3 Å². The highest BCUT2D eigenvalue weighted by Crippen LogP contribution is 2.37. The Morgan fingerprint density at radius 1 is 1.31 bits per heavy atom. The second-order valence-corrected chi connectivity index (χ2v) is 4.10. The first kappa shape index (κ1) is 11.4. The summed E-state index contributed by atoms with van der Waals surface area (Å²) in [5, 5.41) is 3.18. The molecule has 1 unspecified atom stereocenters. The maximum atomic E-state index is 5.53. The number of hydrogen-bond acceptors (Lipinski definition) is 3. The van der Waals surface area contributed by atoms with Gasteiger partial charge < -0.3 is 14.8 Å². The van der Waals surface area contributed by atoms with Crippen LogP contribution < -0.4 is 14.8 Å². The van der Waals surface area contributed by atoms with Crippen molar-refractivity contribution in [2.75, 3.05) is 7.05 Å². The molecule has 1 aromatic rings. The zero-order chi connectivity index (χ0) is 11.8. The lowest BCUT2D eigenvalue weighted by molar-refractivity contribution is 0.0833. The summed E-state index contributed by atoms with van der Waals surface area (Å²) >= 11 is 0. The predicted molar refractivity (Wildman–Crippen MR) is 64.2 cm³/mol. The number of benzene rings is 1. The van der Waals surface area contributed by atoms with Crippen LogP contribution in [0.15, 0.2) is 18.2 Å². The molecular weight excluding hydrogens is 200 g/mol. The highest BCUT2D eigenvalue weighted by atomic mass is 16.7. The lowest BCUT2D eigenvalue weighted by atomic mass is 9.76. The van der Waals surface area contributed by atoms with Gasteiger partial charge in [-0.3, -0.25) is 0 Å². The topological polar surface area (TPSA) is 30.5 Å². The van der Waals surface area contributed by atoms with Crippen LogP contribution in [0.25, 0.3) is 0 Å². The molecule has 0 amide bonds. The van der Waals surface area contributed by atoms with E-state index in [0.29, 0.717) is 17.5 Å². The zero-order valence-corrected chi connectivity index (χ0v) is 9.49. The monoisotopic (exact) mass is 213 g/mol. The van der Waals surface area contributed by atoms with Crippen LogP contribution in [-0.4, -0.2) is 34.4 Å². The van der Waals surface area contributed by atoms with E-state index in [0.717, 1.165) is 12.0 Å². The van der Waals surface area contributed by atoms with Crippen molar-refractivity contribution in [3.63, 3.8) is 0 Å². The van der Waals surface area contributed by atoms with Crippen LogP contribution in [0.5, 0.6) is 11.5 Å². The molecule has 0 bridgehead atoms. The molecule has 1 aliphatic rings. The Hall–Kier alpha value is -1.09. The van der Waals surface area contributed by atoms with Crippen molar-refractivity contribution in [2.45, 2.75) is 25.0 Å². The van der Waals surface area contributed by atoms with Crippen LogP contribution in [-0.2, 0) is 6.42 Å². The third kappa shape index (κ3) is 2.35. The molecule has 1 aliphatic heterocycles. The predicted octanol–water partition coefficient (Wildman–Crippen LogP) is 0.556. The molecule has 5 heteroatoms. The standard InChI is InChI=1S/C11H13B2NO2/c1-7(14-2)5-8-3-4-9-10(6-8)16-11(12,13)15-9/h3-4,6-7,14H,5H2,1-2H3. The van der Waals surface area contributed by atoms with E-state index in [1.165, 1.54) is 0 Å². The van der Waals surface area contributed by atoms with E-state index < -0.39 is 5.59 Å². The molecule has 1 heterocycles. The van der Waals surface area contributed by atoms with E-state index in [2.05, 4.69) is 12.2 Å². The molecule has 0 aromatic heterocycles. The number of likely N-dealkylation sites (N-methyl/N-ethyl adjacent to an activating group) is 1. The zero-order valence-electron chi connectivity index (χ0n) is 9.49. The maximum Gasteiger partial charge on any atom is 0.175 e. The second kappa shape index (κ2) is 4.06. The van der Waals surface area contributed by atoms with Crippen molar-refractivity contribution >= 4 is 15.7 Å². The number of ether oxygens (including phenoxy) is 2. The molecule has 0 saturated carbocycles. The van der Waals surface area contributed by atoms with Gasteiger partial charge in [0.2, 0.25) is 0 Å². The van der Waals surface area contributed by atoms with Gasteiger partial charge >= 0.3 is 0 Å². The minimum atomic E-state index is -1.53. The summed E-state index contributed by atoms with van der Waals surface area (Å²) in [7, 11) is 13.0. The quantitative estimate of drug-likeness (QED) is 0.743. The van der Waals surface area contributed by atoms with E-state index in [1.807, 2.05) is 25.2 Å². The van der Waals surface area contributed by atoms with Crippen molar-refractivity contribution < 1.29 is 9.47 Å². The van der Waals surface area contributed by atoms with Gasteiger partial charge in [-0.25, -0.2) is 0 Å². The van der Waals surface area contributed by atoms with Gasteiger partial charge in [-0.05, 0) is 38.1 Å². The third-order valence-electron chi connectivity index (χ3n) is 2.58. The highest BCUT2D eigenvalue weighted by Gasteiger charge is 2.30. The number of fused-ring (bicyclic) bond motifs is 1. The molecule has 80 valence electrons. The second-order valence-electron chi connectivity index (χ2n) is 4.10. The van der Waals surface area contributed by atoms with E-state index in [-0.39, 0.29) is 0 Å². The molecule has 16 heavy (non-hydrogen) atoms. The lowest BCUT2D eigenvalue weighted by Gasteiger charge is -2.18. The van der Waals surface area contributed by atoms with Crippen molar-refractivity contribution in [3.05, 3.63) is 23.8 Å². The van der Waals surface area contributed by atoms with E-state index in [9.17, 15) is 0 Å². The van der Waals surface area contributed by atoms with Gasteiger partial charge in [-0.1, -0.05) is 6.07 Å². The van der Waals surface area contributed by atoms with Crippen molar-refractivity contribution in [3.8, 4) is 11.5 Å². The molecule has 1 aromatic carbocycles. The number of nitrogens with one attached hydrogen (secondary N) is 1. The van der Waals surface area contributed by atoms with Gasteiger partial charge in [-0.2, -0.15) is 0 Å². The molecule has 0 aliphatic carbocycles.